The van der Waals surface area contributed by atoms with Gasteiger partial charge >= 0.3 is 12.1 Å². The van der Waals surface area contributed by atoms with Crippen molar-refractivity contribution >= 4 is 91.7 Å². The van der Waals surface area contributed by atoms with Crippen molar-refractivity contribution in [1.82, 2.24) is 39.3 Å². The van der Waals surface area contributed by atoms with Crippen LogP contribution in [0.4, 0.5) is 44.2 Å². The van der Waals surface area contributed by atoms with E-state index in [2.05, 4.69) is 100 Å². The molecule has 474 valence electrons. The summed E-state index contributed by atoms with van der Waals surface area (Å²) >= 11 is 5.58. The largest absolute Gasteiger partial charge is 0.488 e. The molecule has 1 aliphatic heterocycles. The number of aryl methyl sites for hydroxylation is 2. The van der Waals surface area contributed by atoms with Crippen LogP contribution in [0.5, 0.6) is 11.5 Å². The number of ether oxygens (including phenoxy) is 2. The number of anilines is 6. The summed E-state index contributed by atoms with van der Waals surface area (Å²) in [5, 5.41) is 30.6. The van der Waals surface area contributed by atoms with Crippen LogP contribution < -0.4 is 41.4 Å². The third kappa shape index (κ3) is 16.8. The second-order valence-electron chi connectivity index (χ2n) is 24.8. The lowest BCUT2D eigenvalue weighted by Crippen LogP contribution is -2.47. The van der Waals surface area contributed by atoms with Crippen molar-refractivity contribution in [2.24, 2.45) is 0 Å². The molecule has 0 radical (unpaired) electrons. The van der Waals surface area contributed by atoms with E-state index in [1.807, 2.05) is 166 Å². The summed E-state index contributed by atoms with van der Waals surface area (Å²) in [7, 11) is 2.09. The number of urea groups is 2. The van der Waals surface area contributed by atoms with Gasteiger partial charge in [-0.05, 0) is 105 Å². The molecule has 92 heavy (non-hydrogen) atoms. The Labute approximate surface area is 540 Å². The third-order valence-electron chi connectivity index (χ3n) is 15.3. The highest BCUT2D eigenvalue weighted by atomic mass is 35.5. The molecule has 6 N–H and O–H groups in total. The Hall–Kier alpha value is -10.2. The number of pyridine rings is 2. The van der Waals surface area contributed by atoms with Gasteiger partial charge in [-0.2, -0.15) is 10.2 Å². The van der Waals surface area contributed by atoms with Crippen LogP contribution in [0.1, 0.15) is 75.2 Å². The third-order valence-corrected chi connectivity index (χ3v) is 15.6. The van der Waals surface area contributed by atoms with Crippen molar-refractivity contribution in [2.45, 2.75) is 79.4 Å². The van der Waals surface area contributed by atoms with Crippen LogP contribution in [-0.2, 0) is 33.6 Å². The molecule has 0 spiro atoms. The van der Waals surface area contributed by atoms with Crippen LogP contribution in [0.15, 0.2) is 170 Å². The second kappa shape index (κ2) is 28.8. The van der Waals surface area contributed by atoms with Crippen LogP contribution >= 0.6 is 11.6 Å². The number of nitrogens with zero attached hydrogens (tertiary/aromatic N) is 8. The van der Waals surface area contributed by atoms with E-state index < -0.39 is 6.03 Å². The van der Waals surface area contributed by atoms with E-state index in [-0.39, 0.29) is 47.8 Å². The smallest absolute Gasteiger partial charge is 0.324 e. The number of carbonyl (C=O) groups is 4. The fourth-order valence-corrected chi connectivity index (χ4v) is 10.2. The molecular formula is C71H77ClN14O6. The minimum Gasteiger partial charge on any atom is -0.488 e. The summed E-state index contributed by atoms with van der Waals surface area (Å²) in [6.45, 7) is 21.1. The minimum absolute atomic E-state index is 0.0810. The maximum absolute atomic E-state index is 13.4. The van der Waals surface area contributed by atoms with E-state index in [9.17, 15) is 19.2 Å². The summed E-state index contributed by atoms with van der Waals surface area (Å²) in [5.41, 5.74) is 8.28. The van der Waals surface area contributed by atoms with Crippen molar-refractivity contribution in [3.05, 3.63) is 204 Å². The Kier molecular flexibility index (Phi) is 20.3. The molecule has 6 amide bonds. The molecule has 0 saturated carbocycles. The van der Waals surface area contributed by atoms with Crippen LogP contribution in [0.3, 0.4) is 0 Å². The molecule has 0 aliphatic carbocycles. The zero-order chi connectivity index (χ0) is 65.1. The maximum atomic E-state index is 13.4. The number of alkyl halides is 1. The van der Waals surface area contributed by atoms with Crippen LogP contribution in [-0.4, -0.2) is 109 Å². The summed E-state index contributed by atoms with van der Waals surface area (Å²) in [4.78, 5) is 63.9. The molecule has 0 bridgehead atoms. The number of hydrogen-bond acceptors (Lipinski definition) is 12. The Morgan fingerprint density at radius 1 is 0.489 bits per heavy atom. The average molecular weight is 1260 g/mol. The number of carbonyl (C=O) groups excluding carboxylic acids is 4. The minimum atomic E-state index is -0.393. The number of nitrogens with one attached hydrogen (secondary N) is 6. The fraction of sp³-hybridized carbons (Fsp3) is 0.268. The molecule has 1 saturated heterocycles. The molecule has 0 unspecified atom stereocenters. The van der Waals surface area contributed by atoms with Gasteiger partial charge in [0, 0.05) is 83.1 Å². The van der Waals surface area contributed by atoms with Gasteiger partial charge in [0.1, 0.15) is 53.9 Å². The number of piperazine rings is 1. The maximum Gasteiger partial charge on any atom is 0.324 e. The number of hydrogen-bond donors (Lipinski definition) is 6. The van der Waals surface area contributed by atoms with E-state index in [1.165, 1.54) is 0 Å². The monoisotopic (exact) mass is 1260 g/mol. The number of benzene rings is 6. The van der Waals surface area contributed by atoms with E-state index in [4.69, 9.17) is 31.3 Å². The van der Waals surface area contributed by atoms with Gasteiger partial charge in [-0.1, -0.05) is 125 Å². The number of amides is 6. The Morgan fingerprint density at radius 3 is 1.32 bits per heavy atom. The first-order chi connectivity index (χ1) is 44.1. The van der Waals surface area contributed by atoms with E-state index in [1.54, 1.807) is 27.8 Å². The Balaban J connectivity index is 0.000000203. The van der Waals surface area contributed by atoms with Crippen molar-refractivity contribution in [3.63, 3.8) is 0 Å². The van der Waals surface area contributed by atoms with E-state index >= 15 is 0 Å². The van der Waals surface area contributed by atoms with Gasteiger partial charge in [-0.15, -0.1) is 11.6 Å². The van der Waals surface area contributed by atoms with Crippen molar-refractivity contribution in [2.75, 3.05) is 77.6 Å². The first-order valence-corrected chi connectivity index (χ1v) is 30.9. The lowest BCUT2D eigenvalue weighted by molar-refractivity contribution is -0.117. The lowest BCUT2D eigenvalue weighted by atomic mass is 9.92. The first-order valence-electron chi connectivity index (χ1n) is 30.4. The fourth-order valence-electron chi connectivity index (χ4n) is 10.1. The van der Waals surface area contributed by atoms with Gasteiger partial charge in [-0.3, -0.25) is 25.1 Å². The van der Waals surface area contributed by atoms with Gasteiger partial charge in [0.25, 0.3) is 0 Å². The quantitative estimate of drug-likeness (QED) is 0.0468. The molecule has 1 aliphatic rings. The summed E-state index contributed by atoms with van der Waals surface area (Å²) in [5.74, 6) is 2.79. The predicted octanol–water partition coefficient (Wildman–Crippen LogP) is 13.9. The summed E-state index contributed by atoms with van der Waals surface area (Å²) in [6, 6.07) is 49.1. The molecular weight excluding hydrogens is 1180 g/mol. The Morgan fingerprint density at radius 2 is 0.902 bits per heavy atom. The second-order valence-corrected chi connectivity index (χ2v) is 25.0. The zero-order valence-corrected chi connectivity index (χ0v) is 54.0. The molecule has 21 heteroatoms. The van der Waals surface area contributed by atoms with Crippen LogP contribution in [0.25, 0.3) is 32.9 Å². The SMILES string of the molecule is Cc1ccc(-n2nc(C(C)(C)C)cc2NC(=O)Nc2ccc(OCc3ccnc(NC(=O)CCl)c3)c3ccccc23)cc1.Cc1ccc(-n2nc(C(C)(C)C)cc2NC(=O)Nc2ccc(OCc3ccnc(NC(=O)CN4CCN(C)CC4)c3)c3ccccc23)cc1. The van der Waals surface area contributed by atoms with Gasteiger partial charge in [0.2, 0.25) is 11.8 Å². The summed E-state index contributed by atoms with van der Waals surface area (Å²) < 4.78 is 15.9. The molecule has 11 rings (SSSR count). The zero-order valence-electron chi connectivity index (χ0n) is 53.2. The molecule has 10 aromatic rings. The molecule has 5 heterocycles. The van der Waals surface area contributed by atoms with Gasteiger partial charge in [-0.25, -0.2) is 28.9 Å². The topological polar surface area (TPSA) is 227 Å². The molecule has 4 aromatic heterocycles. The highest BCUT2D eigenvalue weighted by molar-refractivity contribution is 6.29. The first kappa shape index (κ1) is 64.8. The highest BCUT2D eigenvalue weighted by Crippen LogP contribution is 2.35. The Bertz CT molecular complexity index is 4260. The van der Waals surface area contributed by atoms with Crippen molar-refractivity contribution in [3.8, 4) is 22.9 Å². The normalized spacial score (nSPS) is 12.8. The van der Waals surface area contributed by atoms with Crippen LogP contribution in [0.2, 0.25) is 0 Å². The number of likely N-dealkylation sites (N-methyl/N-ethyl adjacent to an activating group) is 1. The standard InChI is InChI=1S/C38H44N8O3.C33H33ClN6O3/c1-26-10-12-28(13-11-26)46-35(23-33(43-46)38(2,3)4)42-37(48)40-31-14-15-32(30-9-7-6-8-29(30)31)49-25-27-16-17-39-34(22-27)41-36(47)24-45-20-18-44(5)19-21-45;1-21-9-11-23(12-10-21)40-30(18-28(39-40)33(2,3)4)38-32(42)36-26-13-14-27(25-8-6-5-7-24(25)26)43-20-22-15-16-35-29(17-22)37-31(41)19-34/h6-17,22-23H,18-21,24-25H2,1-5H3,(H,39,41,47)(H2,40,42,48);5-18H,19-20H2,1-4H3,(H,35,37,41)(H2,36,38,42). The van der Waals surface area contributed by atoms with E-state index in [0.717, 1.165) is 92.7 Å². The summed E-state index contributed by atoms with van der Waals surface area (Å²) in [6.07, 6.45) is 3.27. The predicted molar refractivity (Wildman–Crippen MR) is 366 cm³/mol. The van der Waals surface area contributed by atoms with Crippen LogP contribution in [0, 0.1) is 13.8 Å². The van der Waals surface area contributed by atoms with Gasteiger partial charge < -0.3 is 35.6 Å². The highest BCUT2D eigenvalue weighted by Gasteiger charge is 2.25. The lowest BCUT2D eigenvalue weighted by Gasteiger charge is -2.31. The molecule has 20 nitrogen and oxygen atoms in total. The number of rotatable bonds is 17. The number of halogens is 1. The molecule has 6 aromatic carbocycles. The van der Waals surface area contributed by atoms with Gasteiger partial charge in [0.15, 0.2) is 0 Å². The van der Waals surface area contributed by atoms with Gasteiger partial charge in [0.05, 0.1) is 40.7 Å². The van der Waals surface area contributed by atoms with E-state index in [0.29, 0.717) is 52.7 Å². The van der Waals surface area contributed by atoms with Crippen molar-refractivity contribution < 1.29 is 28.7 Å². The number of fused-ring (bicyclic) bond motifs is 2. The number of aromatic nitrogens is 6. The average Bonchev–Trinajstić information content (AvgIpc) is 1.64. The molecule has 0 atom stereocenters. The molecule has 1 fully saturated rings. The van der Waals surface area contributed by atoms with Crippen molar-refractivity contribution in [1.29, 1.82) is 0 Å².